The number of methoxy groups -OCH3 is 1. The molecule has 0 spiro atoms. The number of alkyl halides is 1. The van der Waals surface area contributed by atoms with E-state index in [2.05, 4.69) is 4.74 Å². The van der Waals surface area contributed by atoms with Crippen molar-refractivity contribution in [3.63, 3.8) is 0 Å². The predicted molar refractivity (Wildman–Crippen MR) is 69.2 cm³/mol. The summed E-state index contributed by atoms with van der Waals surface area (Å²) in [6.45, 7) is 1.52. The number of hydrogen-bond acceptors (Lipinski definition) is 4. The topological polar surface area (TPSA) is 44.8 Å². The van der Waals surface area contributed by atoms with Crippen LogP contribution < -0.4 is 4.74 Å². The molecule has 0 aliphatic rings. The first-order valence-electron chi connectivity index (χ1n) is 5.68. The molecular formula is C13H17ClO4. The Bertz CT molecular complexity index is 351. The smallest absolute Gasteiger partial charge is 0.309 e. The second-order valence-electron chi connectivity index (χ2n) is 3.55. The first-order chi connectivity index (χ1) is 8.76. The molecule has 18 heavy (non-hydrogen) atoms. The minimum absolute atomic E-state index is 0.252. The lowest BCUT2D eigenvalue weighted by Gasteiger charge is -2.07. The van der Waals surface area contributed by atoms with Crippen molar-refractivity contribution in [2.24, 2.45) is 0 Å². The Morgan fingerprint density at radius 3 is 2.50 bits per heavy atom. The Morgan fingerprint density at radius 2 is 1.89 bits per heavy atom. The van der Waals surface area contributed by atoms with Crippen LogP contribution in [0.2, 0.25) is 0 Å². The van der Waals surface area contributed by atoms with Crippen LogP contribution in [0, 0.1) is 0 Å². The second-order valence-corrected chi connectivity index (χ2v) is 3.92. The molecule has 0 aliphatic heterocycles. The molecule has 0 amide bonds. The summed E-state index contributed by atoms with van der Waals surface area (Å²) in [4.78, 5) is 11.1. The molecule has 0 unspecified atom stereocenters. The lowest BCUT2D eigenvalue weighted by Crippen LogP contribution is -2.08. The first-order valence-corrected chi connectivity index (χ1v) is 6.22. The SMILES string of the molecule is COC(=O)Cc1ccc(OCCOCCCl)cc1. The number of rotatable bonds is 8. The first kappa shape index (κ1) is 14.8. The van der Waals surface area contributed by atoms with Gasteiger partial charge in [0.05, 0.1) is 26.7 Å². The van der Waals surface area contributed by atoms with Crippen LogP contribution in [0.3, 0.4) is 0 Å². The number of halogens is 1. The Morgan fingerprint density at radius 1 is 1.17 bits per heavy atom. The summed E-state index contributed by atoms with van der Waals surface area (Å²) < 4.78 is 15.2. The third-order valence-corrected chi connectivity index (χ3v) is 2.37. The van der Waals surface area contributed by atoms with E-state index in [1.165, 1.54) is 7.11 Å². The van der Waals surface area contributed by atoms with E-state index in [0.29, 0.717) is 25.7 Å². The maximum atomic E-state index is 11.1. The zero-order valence-electron chi connectivity index (χ0n) is 10.4. The van der Waals surface area contributed by atoms with Crippen molar-refractivity contribution in [3.05, 3.63) is 29.8 Å². The zero-order chi connectivity index (χ0) is 13.2. The van der Waals surface area contributed by atoms with Crippen molar-refractivity contribution < 1.29 is 19.0 Å². The van der Waals surface area contributed by atoms with E-state index in [-0.39, 0.29) is 12.4 Å². The van der Waals surface area contributed by atoms with Gasteiger partial charge in [-0.25, -0.2) is 0 Å². The van der Waals surface area contributed by atoms with E-state index in [1.807, 2.05) is 24.3 Å². The Kier molecular flexibility index (Phi) is 7.22. The molecule has 5 heteroatoms. The van der Waals surface area contributed by atoms with E-state index < -0.39 is 0 Å². The van der Waals surface area contributed by atoms with E-state index >= 15 is 0 Å². The summed E-state index contributed by atoms with van der Waals surface area (Å²) in [6.07, 6.45) is 0.273. The fraction of sp³-hybridized carbons (Fsp3) is 0.462. The Balaban J connectivity index is 2.29. The van der Waals surface area contributed by atoms with Gasteiger partial charge in [-0.2, -0.15) is 0 Å². The summed E-state index contributed by atoms with van der Waals surface area (Å²) in [5.41, 5.74) is 0.896. The molecule has 0 N–H and O–H groups in total. The highest BCUT2D eigenvalue weighted by atomic mass is 35.5. The molecule has 0 fully saturated rings. The molecule has 0 aliphatic carbocycles. The molecule has 0 saturated carbocycles. The molecule has 1 aromatic carbocycles. The molecule has 0 aromatic heterocycles. The van der Waals surface area contributed by atoms with E-state index in [0.717, 1.165) is 11.3 Å². The van der Waals surface area contributed by atoms with Crippen LogP contribution in [0.15, 0.2) is 24.3 Å². The van der Waals surface area contributed by atoms with Crippen LogP contribution in [0.4, 0.5) is 0 Å². The third-order valence-electron chi connectivity index (χ3n) is 2.22. The van der Waals surface area contributed by atoms with Crippen LogP contribution in [-0.4, -0.2) is 38.8 Å². The summed E-state index contributed by atoms with van der Waals surface area (Å²) >= 11 is 5.46. The summed E-state index contributed by atoms with van der Waals surface area (Å²) in [5, 5.41) is 0. The van der Waals surface area contributed by atoms with Gasteiger partial charge in [0.25, 0.3) is 0 Å². The largest absolute Gasteiger partial charge is 0.491 e. The van der Waals surface area contributed by atoms with Crippen molar-refractivity contribution in [1.82, 2.24) is 0 Å². The van der Waals surface area contributed by atoms with Gasteiger partial charge in [-0.05, 0) is 17.7 Å². The third kappa shape index (κ3) is 5.89. The van der Waals surface area contributed by atoms with E-state index in [9.17, 15) is 4.79 Å². The summed E-state index contributed by atoms with van der Waals surface area (Å²) in [6, 6.07) is 7.32. The van der Waals surface area contributed by atoms with Gasteiger partial charge in [-0.15, -0.1) is 11.6 Å². The molecular weight excluding hydrogens is 256 g/mol. The molecule has 0 atom stereocenters. The monoisotopic (exact) mass is 272 g/mol. The highest BCUT2D eigenvalue weighted by Crippen LogP contribution is 2.12. The van der Waals surface area contributed by atoms with Crippen molar-refractivity contribution >= 4 is 17.6 Å². The van der Waals surface area contributed by atoms with Gasteiger partial charge in [-0.3, -0.25) is 4.79 Å². The fourth-order valence-corrected chi connectivity index (χ4v) is 1.43. The van der Waals surface area contributed by atoms with Gasteiger partial charge in [0, 0.05) is 5.88 Å². The van der Waals surface area contributed by atoms with E-state index in [4.69, 9.17) is 21.1 Å². The average molecular weight is 273 g/mol. The van der Waals surface area contributed by atoms with Gasteiger partial charge in [0.15, 0.2) is 0 Å². The number of esters is 1. The lowest BCUT2D eigenvalue weighted by molar-refractivity contribution is -0.139. The van der Waals surface area contributed by atoms with Gasteiger partial charge in [-0.1, -0.05) is 12.1 Å². The van der Waals surface area contributed by atoms with Gasteiger partial charge < -0.3 is 14.2 Å². The van der Waals surface area contributed by atoms with Crippen LogP contribution in [-0.2, 0) is 20.7 Å². The van der Waals surface area contributed by atoms with Crippen LogP contribution >= 0.6 is 11.6 Å². The molecule has 1 aromatic rings. The molecule has 100 valence electrons. The average Bonchev–Trinajstić information content (AvgIpc) is 2.40. The molecule has 0 radical (unpaired) electrons. The summed E-state index contributed by atoms with van der Waals surface area (Å²) in [5.74, 6) is 0.985. The quantitative estimate of drug-likeness (QED) is 0.413. The van der Waals surface area contributed by atoms with Gasteiger partial charge >= 0.3 is 5.97 Å². The second kappa shape index (κ2) is 8.78. The minimum Gasteiger partial charge on any atom is -0.491 e. The number of ether oxygens (including phenoxy) is 3. The fourth-order valence-electron chi connectivity index (χ4n) is 1.32. The minimum atomic E-state index is -0.252. The molecule has 1 rings (SSSR count). The number of benzene rings is 1. The van der Waals surface area contributed by atoms with Crippen molar-refractivity contribution in [2.45, 2.75) is 6.42 Å². The van der Waals surface area contributed by atoms with Crippen molar-refractivity contribution in [1.29, 1.82) is 0 Å². The van der Waals surface area contributed by atoms with Crippen LogP contribution in [0.25, 0.3) is 0 Å². The Hall–Kier alpha value is -1.26. The lowest BCUT2D eigenvalue weighted by atomic mass is 10.1. The summed E-state index contributed by atoms with van der Waals surface area (Å²) in [7, 11) is 1.38. The normalized spacial score (nSPS) is 10.1. The number of hydrogen-bond donors (Lipinski definition) is 0. The van der Waals surface area contributed by atoms with Gasteiger partial charge in [0.2, 0.25) is 0 Å². The number of carbonyl (C=O) groups excluding carboxylic acids is 1. The number of carbonyl (C=O) groups is 1. The standard InChI is InChI=1S/C13H17ClO4/c1-16-13(15)10-11-2-4-12(5-3-11)18-9-8-17-7-6-14/h2-5H,6-10H2,1H3. The van der Waals surface area contributed by atoms with E-state index in [1.54, 1.807) is 0 Å². The maximum absolute atomic E-state index is 11.1. The van der Waals surface area contributed by atoms with Crippen molar-refractivity contribution in [3.8, 4) is 5.75 Å². The van der Waals surface area contributed by atoms with Crippen LogP contribution in [0.1, 0.15) is 5.56 Å². The maximum Gasteiger partial charge on any atom is 0.309 e. The Labute approximate surface area is 112 Å². The molecule has 0 heterocycles. The predicted octanol–water partition coefficient (Wildman–Crippen LogP) is 2.04. The zero-order valence-corrected chi connectivity index (χ0v) is 11.1. The molecule has 0 bridgehead atoms. The van der Waals surface area contributed by atoms with Gasteiger partial charge in [0.1, 0.15) is 12.4 Å². The highest BCUT2D eigenvalue weighted by Gasteiger charge is 2.02. The molecule has 4 nitrogen and oxygen atoms in total. The highest BCUT2D eigenvalue weighted by molar-refractivity contribution is 6.17. The van der Waals surface area contributed by atoms with Crippen LogP contribution in [0.5, 0.6) is 5.75 Å². The van der Waals surface area contributed by atoms with Crippen molar-refractivity contribution in [2.75, 3.05) is 32.8 Å². The molecule has 0 saturated heterocycles.